The molecule has 0 aliphatic carbocycles. The summed E-state index contributed by atoms with van der Waals surface area (Å²) in [7, 11) is 0. The molecule has 0 aromatic carbocycles. The van der Waals surface area contributed by atoms with Crippen LogP contribution < -0.4 is 11.1 Å². The van der Waals surface area contributed by atoms with Crippen LogP contribution >= 0.6 is 0 Å². The molecule has 0 fully saturated rings. The predicted octanol–water partition coefficient (Wildman–Crippen LogP) is 1.30. The molecule has 0 bridgehead atoms. The van der Waals surface area contributed by atoms with E-state index >= 15 is 0 Å². The highest BCUT2D eigenvalue weighted by Gasteiger charge is 2.09. The predicted molar refractivity (Wildman–Crippen MR) is 56.8 cm³/mol. The summed E-state index contributed by atoms with van der Waals surface area (Å²) < 4.78 is 0. The largest absolute Gasteiger partial charge is 0.368 e. The molecule has 0 spiro atoms. The molecule has 5 nitrogen and oxygen atoms in total. The molecule has 1 rings (SSSR count). The molecule has 3 N–H and O–H groups in total. The summed E-state index contributed by atoms with van der Waals surface area (Å²) in [5.41, 5.74) is 5.72. The summed E-state index contributed by atoms with van der Waals surface area (Å²) in [6.07, 6.45) is 2.46. The van der Waals surface area contributed by atoms with Crippen molar-refractivity contribution in [3.63, 3.8) is 0 Å². The number of hydrogen-bond donors (Lipinski definition) is 2. The summed E-state index contributed by atoms with van der Waals surface area (Å²) in [4.78, 5) is 11.6. The minimum absolute atomic E-state index is 0.248. The van der Waals surface area contributed by atoms with E-state index in [4.69, 9.17) is 5.73 Å². The van der Waals surface area contributed by atoms with E-state index in [0.29, 0.717) is 11.4 Å². The summed E-state index contributed by atoms with van der Waals surface area (Å²) in [5, 5.41) is 3.10. The zero-order valence-electron chi connectivity index (χ0n) is 8.91. The van der Waals surface area contributed by atoms with E-state index in [1.807, 2.05) is 0 Å². The monoisotopic (exact) mass is 195 g/mol. The summed E-state index contributed by atoms with van der Waals surface area (Å²) in [5.74, 6) is 0.792. The lowest BCUT2D eigenvalue weighted by Crippen LogP contribution is -2.14. The van der Waals surface area contributed by atoms with Crippen molar-refractivity contribution in [2.75, 3.05) is 17.6 Å². The zero-order valence-corrected chi connectivity index (χ0v) is 8.91. The molecule has 0 saturated carbocycles. The van der Waals surface area contributed by atoms with Crippen molar-refractivity contribution >= 4 is 11.9 Å². The van der Waals surface area contributed by atoms with Crippen molar-refractivity contribution < 1.29 is 0 Å². The van der Waals surface area contributed by atoms with Crippen molar-refractivity contribution in [1.29, 1.82) is 0 Å². The number of hydrogen-bond acceptors (Lipinski definition) is 5. The SMILES string of the molecule is CC(C)(C)CCNc1ncnc(N)n1. The third-order valence-corrected chi connectivity index (χ3v) is 1.75. The number of rotatable bonds is 3. The van der Waals surface area contributed by atoms with Gasteiger partial charge in [-0.05, 0) is 11.8 Å². The molecule has 0 unspecified atom stereocenters. The maximum Gasteiger partial charge on any atom is 0.227 e. The Kier molecular flexibility index (Phi) is 3.22. The second-order valence-electron chi connectivity index (χ2n) is 4.40. The molecular formula is C9H17N5. The Balaban J connectivity index is 2.39. The van der Waals surface area contributed by atoms with Gasteiger partial charge in [0.1, 0.15) is 6.33 Å². The average molecular weight is 195 g/mol. The minimum atomic E-state index is 0.248. The summed E-state index contributed by atoms with van der Waals surface area (Å²) in [6.45, 7) is 7.41. The van der Waals surface area contributed by atoms with Crippen LogP contribution in [-0.4, -0.2) is 21.5 Å². The fourth-order valence-electron chi connectivity index (χ4n) is 0.943. The van der Waals surface area contributed by atoms with Gasteiger partial charge in [-0.3, -0.25) is 0 Å². The van der Waals surface area contributed by atoms with Crippen molar-refractivity contribution in [2.24, 2.45) is 5.41 Å². The lowest BCUT2D eigenvalue weighted by Gasteiger charge is -2.17. The maximum absolute atomic E-state index is 5.41. The number of nitrogen functional groups attached to an aromatic ring is 1. The smallest absolute Gasteiger partial charge is 0.227 e. The van der Waals surface area contributed by atoms with Crippen LogP contribution in [0.25, 0.3) is 0 Å². The van der Waals surface area contributed by atoms with Gasteiger partial charge in [-0.25, -0.2) is 9.97 Å². The quantitative estimate of drug-likeness (QED) is 0.760. The number of anilines is 2. The molecule has 14 heavy (non-hydrogen) atoms. The first-order chi connectivity index (χ1) is 6.47. The van der Waals surface area contributed by atoms with E-state index in [1.54, 1.807) is 0 Å². The van der Waals surface area contributed by atoms with Gasteiger partial charge in [0.05, 0.1) is 0 Å². The summed E-state index contributed by atoms with van der Waals surface area (Å²) in [6, 6.07) is 0. The van der Waals surface area contributed by atoms with Gasteiger partial charge in [-0.15, -0.1) is 0 Å². The molecule has 5 heteroatoms. The van der Waals surface area contributed by atoms with E-state index in [-0.39, 0.29) is 5.95 Å². The molecule has 1 heterocycles. The van der Waals surface area contributed by atoms with E-state index in [0.717, 1.165) is 13.0 Å². The first-order valence-corrected chi connectivity index (χ1v) is 4.66. The van der Waals surface area contributed by atoms with Gasteiger partial charge in [-0.2, -0.15) is 4.98 Å². The van der Waals surface area contributed by atoms with E-state index in [1.165, 1.54) is 6.33 Å². The molecule has 1 aromatic heterocycles. The molecule has 0 aliphatic heterocycles. The second-order valence-corrected chi connectivity index (χ2v) is 4.40. The topological polar surface area (TPSA) is 76.7 Å². The average Bonchev–Trinajstić information content (AvgIpc) is 2.01. The highest BCUT2D eigenvalue weighted by atomic mass is 15.2. The standard InChI is InChI=1S/C9H17N5/c1-9(2,3)4-5-11-8-13-6-12-7(10)14-8/h6H,4-5H2,1-3H3,(H3,10,11,12,13,14). The Labute approximate surface area is 84.2 Å². The molecule has 78 valence electrons. The fraction of sp³-hybridized carbons (Fsp3) is 0.667. The van der Waals surface area contributed by atoms with Gasteiger partial charge >= 0.3 is 0 Å². The van der Waals surface area contributed by atoms with E-state index in [2.05, 4.69) is 41.0 Å². The van der Waals surface area contributed by atoms with Gasteiger partial charge in [0.25, 0.3) is 0 Å². The Morgan fingerprint density at radius 2 is 2.07 bits per heavy atom. The first-order valence-electron chi connectivity index (χ1n) is 4.66. The minimum Gasteiger partial charge on any atom is -0.368 e. The van der Waals surface area contributed by atoms with Gasteiger partial charge in [0, 0.05) is 6.54 Å². The van der Waals surface area contributed by atoms with Crippen molar-refractivity contribution in [3.8, 4) is 0 Å². The molecule has 1 aromatic rings. The van der Waals surface area contributed by atoms with Crippen LogP contribution in [0.5, 0.6) is 0 Å². The molecule has 0 saturated heterocycles. The number of nitrogens with one attached hydrogen (secondary N) is 1. The Morgan fingerprint density at radius 3 is 2.64 bits per heavy atom. The number of nitrogens with zero attached hydrogens (tertiary/aromatic N) is 3. The second kappa shape index (κ2) is 4.21. The molecular weight excluding hydrogens is 178 g/mol. The highest BCUT2D eigenvalue weighted by molar-refractivity contribution is 5.28. The van der Waals surface area contributed by atoms with Crippen LogP contribution in [0.4, 0.5) is 11.9 Å². The van der Waals surface area contributed by atoms with Crippen LogP contribution in [0.2, 0.25) is 0 Å². The highest BCUT2D eigenvalue weighted by Crippen LogP contribution is 2.17. The zero-order chi connectivity index (χ0) is 10.6. The van der Waals surface area contributed by atoms with Gasteiger partial charge in [0.2, 0.25) is 11.9 Å². The molecule has 0 amide bonds. The van der Waals surface area contributed by atoms with E-state index in [9.17, 15) is 0 Å². The Bertz CT molecular complexity index is 291. The fourth-order valence-corrected chi connectivity index (χ4v) is 0.943. The van der Waals surface area contributed by atoms with Crippen molar-refractivity contribution in [3.05, 3.63) is 6.33 Å². The van der Waals surface area contributed by atoms with Gasteiger partial charge < -0.3 is 11.1 Å². The van der Waals surface area contributed by atoms with Crippen molar-refractivity contribution in [2.45, 2.75) is 27.2 Å². The van der Waals surface area contributed by atoms with Crippen LogP contribution in [0.3, 0.4) is 0 Å². The van der Waals surface area contributed by atoms with Crippen molar-refractivity contribution in [1.82, 2.24) is 15.0 Å². The number of nitrogens with two attached hydrogens (primary N) is 1. The van der Waals surface area contributed by atoms with Crippen LogP contribution in [0.1, 0.15) is 27.2 Å². The van der Waals surface area contributed by atoms with Crippen LogP contribution in [0.15, 0.2) is 6.33 Å². The first kappa shape index (κ1) is 10.7. The van der Waals surface area contributed by atoms with Crippen LogP contribution in [0, 0.1) is 5.41 Å². The molecule has 0 radical (unpaired) electrons. The third kappa shape index (κ3) is 4.02. The Hall–Kier alpha value is -1.39. The molecule has 0 aliphatic rings. The molecule has 0 atom stereocenters. The Morgan fingerprint density at radius 1 is 1.36 bits per heavy atom. The van der Waals surface area contributed by atoms with Gasteiger partial charge in [0.15, 0.2) is 0 Å². The summed E-state index contributed by atoms with van der Waals surface area (Å²) >= 11 is 0. The lowest BCUT2D eigenvalue weighted by molar-refractivity contribution is 0.389. The normalized spacial score (nSPS) is 11.4. The number of aromatic nitrogens is 3. The van der Waals surface area contributed by atoms with E-state index < -0.39 is 0 Å². The third-order valence-electron chi connectivity index (χ3n) is 1.75. The van der Waals surface area contributed by atoms with Crippen LogP contribution in [-0.2, 0) is 0 Å². The lowest BCUT2D eigenvalue weighted by atomic mass is 9.92. The maximum atomic E-state index is 5.41. The van der Waals surface area contributed by atoms with Gasteiger partial charge in [-0.1, -0.05) is 20.8 Å².